The maximum Gasteiger partial charge on any atom is 0.265 e. The van der Waals surface area contributed by atoms with Gasteiger partial charge in [0.1, 0.15) is 18.7 Å². The Labute approximate surface area is 192 Å². The maximum absolute atomic E-state index is 13.4. The molecule has 5 rings (SSSR count). The van der Waals surface area contributed by atoms with Gasteiger partial charge < -0.3 is 14.8 Å². The number of rotatable bonds is 7. The lowest BCUT2D eigenvalue weighted by molar-refractivity contribution is 0.0322. The fourth-order valence-corrected chi connectivity index (χ4v) is 3.99. The summed E-state index contributed by atoms with van der Waals surface area (Å²) in [6, 6.07) is 11.1. The van der Waals surface area contributed by atoms with Crippen molar-refractivity contribution in [1.29, 1.82) is 0 Å². The number of fused-ring (bicyclic) bond motifs is 1. The SMILES string of the molecule is Cc1ccc(C(=O)NC2CC2)cc1-n1cnc2ccc(OCCN3CCOCC3)cc2c1=O. The number of benzene rings is 2. The number of nitrogens with one attached hydrogen (secondary N) is 1. The van der Waals surface area contributed by atoms with Crippen LogP contribution in [-0.4, -0.2) is 65.9 Å². The van der Waals surface area contributed by atoms with E-state index >= 15 is 0 Å². The first kappa shape index (κ1) is 21.6. The van der Waals surface area contributed by atoms with E-state index in [-0.39, 0.29) is 17.5 Å². The molecule has 1 aromatic heterocycles. The highest BCUT2D eigenvalue weighted by Crippen LogP contribution is 2.22. The van der Waals surface area contributed by atoms with E-state index in [1.54, 1.807) is 24.3 Å². The number of carbonyl (C=O) groups is 1. The number of amides is 1. The second-order valence-electron chi connectivity index (χ2n) is 8.65. The third-order valence-corrected chi connectivity index (χ3v) is 6.15. The van der Waals surface area contributed by atoms with Gasteiger partial charge in [-0.2, -0.15) is 0 Å². The predicted molar refractivity (Wildman–Crippen MR) is 125 cm³/mol. The lowest BCUT2D eigenvalue weighted by Crippen LogP contribution is -2.38. The molecule has 3 aromatic rings. The summed E-state index contributed by atoms with van der Waals surface area (Å²) >= 11 is 0. The zero-order valence-corrected chi connectivity index (χ0v) is 18.8. The molecule has 1 amide bonds. The summed E-state index contributed by atoms with van der Waals surface area (Å²) in [5.74, 6) is 0.526. The number of hydrogen-bond acceptors (Lipinski definition) is 6. The van der Waals surface area contributed by atoms with Gasteiger partial charge in [0.2, 0.25) is 0 Å². The Hall–Kier alpha value is -3.23. The quantitative estimate of drug-likeness (QED) is 0.597. The monoisotopic (exact) mass is 448 g/mol. The fraction of sp³-hybridized carbons (Fsp3) is 0.400. The molecule has 0 bridgehead atoms. The Morgan fingerprint density at radius 2 is 2.00 bits per heavy atom. The van der Waals surface area contributed by atoms with Gasteiger partial charge in [-0.3, -0.25) is 19.1 Å². The summed E-state index contributed by atoms with van der Waals surface area (Å²) in [6.45, 7) is 6.60. The van der Waals surface area contributed by atoms with Crippen LogP contribution in [0, 0.1) is 6.92 Å². The van der Waals surface area contributed by atoms with Crippen LogP contribution in [0.15, 0.2) is 47.5 Å². The van der Waals surface area contributed by atoms with E-state index in [0.29, 0.717) is 34.5 Å². The van der Waals surface area contributed by atoms with Crippen molar-refractivity contribution < 1.29 is 14.3 Å². The molecule has 0 unspecified atom stereocenters. The zero-order valence-electron chi connectivity index (χ0n) is 18.8. The molecule has 2 aromatic carbocycles. The third kappa shape index (κ3) is 4.91. The van der Waals surface area contributed by atoms with Gasteiger partial charge in [0.05, 0.1) is 29.8 Å². The minimum atomic E-state index is -0.193. The van der Waals surface area contributed by atoms with Crippen LogP contribution in [0.4, 0.5) is 0 Å². The molecule has 33 heavy (non-hydrogen) atoms. The predicted octanol–water partition coefficient (Wildman–Crippen LogP) is 2.30. The number of carbonyl (C=O) groups excluding carboxylic acids is 1. The minimum absolute atomic E-state index is 0.114. The zero-order chi connectivity index (χ0) is 22.8. The second-order valence-corrected chi connectivity index (χ2v) is 8.65. The van der Waals surface area contributed by atoms with Gasteiger partial charge in [-0.05, 0) is 55.7 Å². The van der Waals surface area contributed by atoms with Crippen molar-refractivity contribution in [3.63, 3.8) is 0 Å². The number of aryl methyl sites for hydroxylation is 1. The van der Waals surface area contributed by atoms with Crippen molar-refractivity contribution in [2.75, 3.05) is 39.5 Å². The average Bonchev–Trinajstić information content (AvgIpc) is 3.65. The summed E-state index contributed by atoms with van der Waals surface area (Å²) in [5.41, 5.74) is 2.49. The Bertz CT molecular complexity index is 1230. The van der Waals surface area contributed by atoms with E-state index in [0.717, 1.165) is 51.3 Å². The summed E-state index contributed by atoms with van der Waals surface area (Å²) in [6.07, 6.45) is 3.57. The third-order valence-electron chi connectivity index (χ3n) is 6.15. The normalized spacial score (nSPS) is 16.6. The summed E-state index contributed by atoms with van der Waals surface area (Å²) in [5, 5.41) is 3.47. The van der Waals surface area contributed by atoms with Crippen molar-refractivity contribution in [2.45, 2.75) is 25.8 Å². The van der Waals surface area contributed by atoms with Crippen molar-refractivity contribution >= 4 is 16.8 Å². The van der Waals surface area contributed by atoms with E-state index in [2.05, 4.69) is 15.2 Å². The molecule has 172 valence electrons. The second kappa shape index (κ2) is 9.33. The maximum atomic E-state index is 13.4. The van der Waals surface area contributed by atoms with Crippen molar-refractivity contribution in [3.8, 4) is 11.4 Å². The van der Waals surface area contributed by atoms with Crippen molar-refractivity contribution in [2.24, 2.45) is 0 Å². The summed E-state index contributed by atoms with van der Waals surface area (Å²) in [4.78, 5) is 32.6. The smallest absolute Gasteiger partial charge is 0.265 e. The van der Waals surface area contributed by atoms with Gasteiger partial charge in [-0.25, -0.2) is 4.98 Å². The highest BCUT2D eigenvalue weighted by molar-refractivity contribution is 5.95. The molecule has 1 N–H and O–H groups in total. The first-order valence-corrected chi connectivity index (χ1v) is 11.4. The number of nitrogens with zero attached hydrogens (tertiary/aromatic N) is 3. The number of morpholine rings is 1. The standard InChI is InChI=1S/C25H28N4O4/c1-17-2-3-18(24(30)27-19-4-5-19)14-23(17)29-16-26-22-7-6-20(15-21(22)25(29)31)33-13-10-28-8-11-32-12-9-28/h2-3,6-7,14-16,19H,4-5,8-13H2,1H3,(H,27,30). The van der Waals surface area contributed by atoms with Gasteiger partial charge >= 0.3 is 0 Å². The van der Waals surface area contributed by atoms with Gasteiger partial charge in [0.15, 0.2) is 0 Å². The Kier molecular flexibility index (Phi) is 6.11. The number of ether oxygens (including phenoxy) is 2. The Morgan fingerprint density at radius 1 is 1.18 bits per heavy atom. The first-order chi connectivity index (χ1) is 16.1. The van der Waals surface area contributed by atoms with E-state index in [9.17, 15) is 9.59 Å². The average molecular weight is 449 g/mol. The van der Waals surface area contributed by atoms with E-state index in [1.807, 2.05) is 19.1 Å². The lowest BCUT2D eigenvalue weighted by atomic mass is 10.1. The molecule has 2 fully saturated rings. The molecule has 8 heteroatoms. The molecule has 0 spiro atoms. The molecule has 0 radical (unpaired) electrons. The van der Waals surface area contributed by atoms with Crippen LogP contribution in [0.5, 0.6) is 5.75 Å². The van der Waals surface area contributed by atoms with Crippen LogP contribution in [0.2, 0.25) is 0 Å². The van der Waals surface area contributed by atoms with E-state index in [1.165, 1.54) is 10.9 Å². The first-order valence-electron chi connectivity index (χ1n) is 11.4. The molecule has 1 aliphatic heterocycles. The van der Waals surface area contributed by atoms with Gasteiger partial charge in [-0.1, -0.05) is 6.07 Å². The highest BCUT2D eigenvalue weighted by atomic mass is 16.5. The van der Waals surface area contributed by atoms with Gasteiger partial charge in [0.25, 0.3) is 11.5 Å². The van der Waals surface area contributed by atoms with Crippen molar-refractivity contribution in [1.82, 2.24) is 19.8 Å². The molecule has 1 saturated carbocycles. The van der Waals surface area contributed by atoms with Crippen LogP contribution in [-0.2, 0) is 4.74 Å². The van der Waals surface area contributed by atoms with E-state index < -0.39 is 0 Å². The lowest BCUT2D eigenvalue weighted by Gasteiger charge is -2.26. The van der Waals surface area contributed by atoms with Crippen LogP contribution in [0.3, 0.4) is 0 Å². The minimum Gasteiger partial charge on any atom is -0.492 e. The van der Waals surface area contributed by atoms with Crippen LogP contribution in [0.1, 0.15) is 28.8 Å². The summed E-state index contributed by atoms with van der Waals surface area (Å²) < 4.78 is 12.8. The Balaban J connectivity index is 1.39. The molecule has 2 heterocycles. The van der Waals surface area contributed by atoms with Crippen LogP contribution < -0.4 is 15.6 Å². The van der Waals surface area contributed by atoms with E-state index in [4.69, 9.17) is 9.47 Å². The van der Waals surface area contributed by atoms with Crippen LogP contribution >= 0.6 is 0 Å². The molecule has 2 aliphatic rings. The molecule has 1 aliphatic carbocycles. The topological polar surface area (TPSA) is 85.7 Å². The summed E-state index contributed by atoms with van der Waals surface area (Å²) in [7, 11) is 0. The van der Waals surface area contributed by atoms with Gasteiger partial charge in [0, 0.05) is 31.2 Å². The largest absolute Gasteiger partial charge is 0.492 e. The Morgan fingerprint density at radius 3 is 2.79 bits per heavy atom. The number of hydrogen-bond donors (Lipinski definition) is 1. The molecule has 8 nitrogen and oxygen atoms in total. The fourth-order valence-electron chi connectivity index (χ4n) is 3.99. The molecule has 0 atom stereocenters. The van der Waals surface area contributed by atoms with Crippen molar-refractivity contribution in [3.05, 3.63) is 64.2 Å². The van der Waals surface area contributed by atoms with Gasteiger partial charge in [-0.15, -0.1) is 0 Å². The molecular weight excluding hydrogens is 420 g/mol. The van der Waals surface area contributed by atoms with Crippen LogP contribution in [0.25, 0.3) is 16.6 Å². The molecule has 1 saturated heterocycles. The highest BCUT2D eigenvalue weighted by Gasteiger charge is 2.24. The number of aromatic nitrogens is 2. The molecular formula is C25H28N4O4.